The Morgan fingerprint density at radius 3 is 2.56 bits per heavy atom. The van der Waals surface area contributed by atoms with Crippen LogP contribution in [0.5, 0.6) is 11.5 Å². The molecular formula is C27H28N2O5. The van der Waals surface area contributed by atoms with Crippen molar-refractivity contribution in [2.75, 3.05) is 14.2 Å². The first-order valence-corrected chi connectivity index (χ1v) is 11.1. The second-order valence-corrected chi connectivity index (χ2v) is 8.26. The number of nitrogens with zero attached hydrogens (tertiary/aromatic N) is 1. The van der Waals surface area contributed by atoms with E-state index < -0.39 is 11.9 Å². The molecule has 0 aliphatic carbocycles. The van der Waals surface area contributed by atoms with Crippen molar-refractivity contribution in [2.45, 2.75) is 32.2 Å². The number of esters is 1. The van der Waals surface area contributed by atoms with E-state index in [0.29, 0.717) is 30.0 Å². The molecule has 7 nitrogen and oxygen atoms in total. The number of rotatable bonds is 8. The second-order valence-electron chi connectivity index (χ2n) is 8.26. The summed E-state index contributed by atoms with van der Waals surface area (Å²) in [5.74, 6) is -0.600. The monoisotopic (exact) mass is 460 g/mol. The number of benzene rings is 2. The minimum absolute atomic E-state index is 0.0723. The maximum Gasteiger partial charge on any atom is 0.306 e. The van der Waals surface area contributed by atoms with E-state index >= 15 is 0 Å². The number of pyridine rings is 1. The molecule has 0 fully saturated rings. The third-order valence-electron chi connectivity index (χ3n) is 6.27. The molecule has 2 heterocycles. The fourth-order valence-corrected chi connectivity index (χ4v) is 4.42. The molecule has 0 aliphatic rings. The number of para-hydroxylation sites is 1. The van der Waals surface area contributed by atoms with Gasteiger partial charge >= 0.3 is 5.97 Å². The highest BCUT2D eigenvalue weighted by atomic mass is 16.5. The van der Waals surface area contributed by atoms with Crippen LogP contribution in [-0.4, -0.2) is 34.8 Å². The van der Waals surface area contributed by atoms with Gasteiger partial charge in [0.2, 0.25) is 0 Å². The molecule has 0 radical (unpaired) electrons. The van der Waals surface area contributed by atoms with E-state index in [2.05, 4.69) is 11.1 Å². The molecule has 0 unspecified atom stereocenters. The summed E-state index contributed by atoms with van der Waals surface area (Å²) >= 11 is 0. The zero-order chi connectivity index (χ0) is 24.2. The van der Waals surface area contributed by atoms with E-state index in [-0.39, 0.29) is 23.3 Å². The quantitative estimate of drug-likeness (QED) is 0.383. The second kappa shape index (κ2) is 9.87. The van der Waals surface area contributed by atoms with E-state index in [1.807, 2.05) is 24.4 Å². The Labute approximate surface area is 197 Å². The van der Waals surface area contributed by atoms with Crippen LogP contribution < -0.4 is 10.3 Å². The summed E-state index contributed by atoms with van der Waals surface area (Å²) in [4.78, 5) is 29.2. The van der Waals surface area contributed by atoms with Gasteiger partial charge < -0.3 is 24.1 Å². The van der Waals surface area contributed by atoms with Crippen molar-refractivity contribution in [2.24, 2.45) is 0 Å². The van der Waals surface area contributed by atoms with Crippen molar-refractivity contribution in [1.29, 1.82) is 0 Å². The smallest absolute Gasteiger partial charge is 0.306 e. The molecule has 2 aromatic carbocycles. The number of methoxy groups -OCH3 is 2. The van der Waals surface area contributed by atoms with Crippen LogP contribution in [0, 0.1) is 6.92 Å². The number of hydrogen-bond acceptors (Lipinski definition) is 5. The van der Waals surface area contributed by atoms with Gasteiger partial charge in [-0.3, -0.25) is 9.59 Å². The van der Waals surface area contributed by atoms with Crippen LogP contribution in [0.4, 0.5) is 0 Å². The Bertz CT molecular complexity index is 1370. The van der Waals surface area contributed by atoms with Gasteiger partial charge in [0, 0.05) is 35.3 Å². The Morgan fingerprint density at radius 1 is 1.12 bits per heavy atom. The van der Waals surface area contributed by atoms with E-state index in [1.165, 1.54) is 7.11 Å². The van der Waals surface area contributed by atoms with Crippen molar-refractivity contribution >= 4 is 16.9 Å². The Hall–Kier alpha value is -4.00. The number of aromatic nitrogens is 2. The Morgan fingerprint density at radius 2 is 1.85 bits per heavy atom. The lowest BCUT2D eigenvalue weighted by molar-refractivity contribution is -0.140. The third kappa shape index (κ3) is 4.55. The van der Waals surface area contributed by atoms with E-state index in [1.54, 1.807) is 48.9 Å². The molecule has 0 saturated heterocycles. The molecule has 4 rings (SSSR count). The summed E-state index contributed by atoms with van der Waals surface area (Å²) < 4.78 is 11.8. The third-order valence-corrected chi connectivity index (χ3v) is 6.27. The van der Waals surface area contributed by atoms with E-state index in [4.69, 9.17) is 9.47 Å². The molecule has 2 aromatic heterocycles. The molecule has 7 heteroatoms. The molecule has 0 bridgehead atoms. The topological polar surface area (TPSA) is 93.6 Å². The number of fused-ring (bicyclic) bond motifs is 1. The summed E-state index contributed by atoms with van der Waals surface area (Å²) in [5, 5.41) is 11.9. The summed E-state index contributed by atoms with van der Waals surface area (Å²) in [6.07, 6.45) is 2.53. The van der Waals surface area contributed by atoms with Crippen LogP contribution in [0.1, 0.15) is 34.7 Å². The molecule has 1 atom stereocenters. The van der Waals surface area contributed by atoms with Gasteiger partial charge in [-0.25, -0.2) is 0 Å². The number of aryl methyl sites for hydroxylation is 2. The average molecular weight is 461 g/mol. The maximum absolute atomic E-state index is 13.7. The van der Waals surface area contributed by atoms with Crippen molar-refractivity contribution in [1.82, 2.24) is 9.55 Å². The van der Waals surface area contributed by atoms with Crippen LogP contribution in [0.3, 0.4) is 0 Å². The normalized spacial score (nSPS) is 12.0. The number of H-pyrrole nitrogens is 1. The number of carbonyl (C=O) groups excluding carboxylic acids is 1. The standard InChI is InChI=1S/C27H28N2O5/c1-17-14-24(30)26(22(15-25(31)34-3)18-8-10-20(33-2)11-9-18)27(32)29(17)13-12-19-16-28-23-7-5-4-6-21(19)23/h4-11,14,16,22,28,30H,12-13,15H2,1-3H3/t22-/m1/s1. The number of hydrogen-bond donors (Lipinski definition) is 2. The number of nitrogens with one attached hydrogen (secondary N) is 1. The van der Waals surface area contributed by atoms with Crippen molar-refractivity contribution in [3.8, 4) is 11.5 Å². The number of aromatic hydroxyl groups is 1. The fourth-order valence-electron chi connectivity index (χ4n) is 4.42. The highest BCUT2D eigenvalue weighted by Gasteiger charge is 2.26. The average Bonchev–Trinajstić information content (AvgIpc) is 3.26. The molecule has 0 spiro atoms. The molecule has 0 aliphatic heterocycles. The van der Waals surface area contributed by atoms with Crippen molar-refractivity contribution < 1.29 is 19.4 Å². The SMILES string of the molecule is COC(=O)C[C@H](c1ccc(OC)cc1)c1c(O)cc(C)n(CCc2c[nH]c3ccccc23)c1=O. The largest absolute Gasteiger partial charge is 0.507 e. The van der Waals surface area contributed by atoms with Gasteiger partial charge in [0.15, 0.2) is 0 Å². The first kappa shape index (κ1) is 23.2. The predicted molar refractivity (Wildman–Crippen MR) is 131 cm³/mol. The molecular weight excluding hydrogens is 432 g/mol. The summed E-state index contributed by atoms with van der Waals surface area (Å²) in [6.45, 7) is 2.23. The molecule has 34 heavy (non-hydrogen) atoms. The highest BCUT2D eigenvalue weighted by Crippen LogP contribution is 2.33. The van der Waals surface area contributed by atoms with Crippen LogP contribution in [0.15, 0.2) is 65.6 Å². The number of carbonyl (C=O) groups is 1. The minimum atomic E-state index is -0.661. The van der Waals surface area contributed by atoms with E-state index in [0.717, 1.165) is 16.5 Å². The Balaban J connectivity index is 1.73. The maximum atomic E-state index is 13.7. The van der Waals surface area contributed by atoms with Gasteiger partial charge in [-0.2, -0.15) is 0 Å². The van der Waals surface area contributed by atoms with E-state index in [9.17, 15) is 14.7 Å². The van der Waals surface area contributed by atoms with Gasteiger partial charge in [-0.1, -0.05) is 30.3 Å². The summed E-state index contributed by atoms with van der Waals surface area (Å²) in [5.41, 5.74) is 3.38. The number of aromatic amines is 1. The van der Waals surface area contributed by atoms with Crippen LogP contribution in [-0.2, 0) is 22.5 Å². The first-order chi connectivity index (χ1) is 16.4. The van der Waals surface area contributed by atoms with Gasteiger partial charge in [0.1, 0.15) is 11.5 Å². The lowest BCUT2D eigenvalue weighted by atomic mass is 9.88. The minimum Gasteiger partial charge on any atom is -0.507 e. The highest BCUT2D eigenvalue weighted by molar-refractivity contribution is 5.83. The Kier molecular flexibility index (Phi) is 6.72. The molecule has 4 aromatic rings. The summed E-state index contributed by atoms with van der Waals surface area (Å²) in [7, 11) is 2.88. The first-order valence-electron chi connectivity index (χ1n) is 11.1. The fraction of sp³-hybridized carbons (Fsp3) is 0.259. The van der Waals surface area contributed by atoms with Gasteiger partial charge in [0.05, 0.1) is 26.2 Å². The van der Waals surface area contributed by atoms with Crippen LogP contribution in [0.25, 0.3) is 10.9 Å². The van der Waals surface area contributed by atoms with Gasteiger partial charge in [0.25, 0.3) is 5.56 Å². The lowest BCUT2D eigenvalue weighted by Gasteiger charge is -2.20. The van der Waals surface area contributed by atoms with Crippen molar-refractivity contribution in [3.63, 3.8) is 0 Å². The number of ether oxygens (including phenoxy) is 2. The summed E-state index contributed by atoms with van der Waals surface area (Å²) in [6, 6.07) is 16.7. The molecule has 0 amide bonds. The zero-order valence-corrected chi connectivity index (χ0v) is 19.5. The van der Waals surface area contributed by atoms with Gasteiger partial charge in [-0.05, 0) is 48.7 Å². The predicted octanol–water partition coefficient (Wildman–Crippen LogP) is 4.29. The lowest BCUT2D eigenvalue weighted by Crippen LogP contribution is -2.29. The van der Waals surface area contributed by atoms with Crippen LogP contribution in [0.2, 0.25) is 0 Å². The van der Waals surface area contributed by atoms with Crippen LogP contribution >= 0.6 is 0 Å². The molecule has 176 valence electrons. The molecule has 0 saturated carbocycles. The van der Waals surface area contributed by atoms with Crippen molar-refractivity contribution in [3.05, 3.63) is 93.5 Å². The van der Waals surface area contributed by atoms with Gasteiger partial charge in [-0.15, -0.1) is 0 Å². The molecule has 2 N–H and O–H groups in total. The zero-order valence-electron chi connectivity index (χ0n) is 19.5.